The third-order valence-electron chi connectivity index (χ3n) is 14.8. The van der Waals surface area contributed by atoms with E-state index in [1.165, 1.54) is 231 Å². The van der Waals surface area contributed by atoms with Gasteiger partial charge in [-0.25, -0.2) is 0 Å². The van der Waals surface area contributed by atoms with Crippen molar-refractivity contribution in [3.05, 3.63) is 0 Å². The van der Waals surface area contributed by atoms with Crippen molar-refractivity contribution in [3.63, 3.8) is 0 Å². The molecule has 6 heteroatoms. The minimum Gasteiger partial charge on any atom is -0.462 e. The van der Waals surface area contributed by atoms with Crippen molar-refractivity contribution in [2.45, 2.75) is 356 Å². The van der Waals surface area contributed by atoms with Crippen LogP contribution in [0, 0.1) is 17.8 Å². The van der Waals surface area contributed by atoms with Gasteiger partial charge in [-0.2, -0.15) is 0 Å². The van der Waals surface area contributed by atoms with E-state index in [9.17, 15) is 14.4 Å². The highest BCUT2D eigenvalue weighted by molar-refractivity contribution is 5.71. The molecule has 0 rings (SSSR count). The minimum absolute atomic E-state index is 0.0635. The molecule has 0 aliphatic carbocycles. The summed E-state index contributed by atoms with van der Waals surface area (Å²) in [6.45, 7) is 13.8. The molecule has 0 heterocycles. The molecule has 0 bridgehead atoms. The molecule has 0 amide bonds. The molecule has 1 unspecified atom stereocenters. The Balaban J connectivity index is 4.19. The van der Waals surface area contributed by atoms with Crippen LogP contribution in [0.3, 0.4) is 0 Å². The number of esters is 3. The molecule has 0 aliphatic rings. The normalized spacial score (nSPS) is 12.5. The summed E-state index contributed by atoms with van der Waals surface area (Å²) in [6.07, 6.45) is 58.2. The summed E-state index contributed by atoms with van der Waals surface area (Å²) in [4.78, 5) is 38.2. The van der Waals surface area contributed by atoms with E-state index in [-0.39, 0.29) is 31.1 Å². The van der Waals surface area contributed by atoms with Crippen LogP contribution in [0.25, 0.3) is 0 Å². The summed E-state index contributed by atoms with van der Waals surface area (Å²) >= 11 is 0. The molecular weight excluding hydrogens is 853 g/mol. The van der Waals surface area contributed by atoms with E-state index in [2.05, 4.69) is 41.5 Å². The van der Waals surface area contributed by atoms with Gasteiger partial charge in [-0.15, -0.1) is 0 Å². The second kappa shape index (κ2) is 54.2. The highest BCUT2D eigenvalue weighted by atomic mass is 16.6. The van der Waals surface area contributed by atoms with E-state index in [1.807, 2.05) is 0 Å². The van der Waals surface area contributed by atoms with Crippen molar-refractivity contribution < 1.29 is 28.6 Å². The predicted octanol–water partition coefficient (Wildman–Crippen LogP) is 20.7. The number of hydrogen-bond acceptors (Lipinski definition) is 6. The van der Waals surface area contributed by atoms with Crippen molar-refractivity contribution in [2.75, 3.05) is 13.2 Å². The average molecular weight is 976 g/mol. The lowest BCUT2D eigenvalue weighted by Crippen LogP contribution is -2.30. The fourth-order valence-electron chi connectivity index (χ4n) is 9.67. The highest BCUT2D eigenvalue weighted by Crippen LogP contribution is 2.19. The molecule has 0 aliphatic heterocycles. The molecule has 2 atom stereocenters. The van der Waals surface area contributed by atoms with Crippen LogP contribution in [0.15, 0.2) is 0 Å². The number of carbonyl (C=O) groups excluding carboxylic acids is 3. The Bertz CT molecular complexity index is 1070. The third-order valence-corrected chi connectivity index (χ3v) is 14.8. The van der Waals surface area contributed by atoms with Gasteiger partial charge in [0.25, 0.3) is 0 Å². The number of rotatable bonds is 56. The Morgan fingerprint density at radius 2 is 0.507 bits per heavy atom. The third kappa shape index (κ3) is 55.6. The Hall–Kier alpha value is -1.59. The summed E-state index contributed by atoms with van der Waals surface area (Å²) in [5.41, 5.74) is 0. The van der Waals surface area contributed by atoms with E-state index in [1.54, 1.807) is 0 Å². The van der Waals surface area contributed by atoms with E-state index in [4.69, 9.17) is 14.2 Å². The van der Waals surface area contributed by atoms with E-state index < -0.39 is 6.10 Å². The molecule has 0 aromatic carbocycles. The van der Waals surface area contributed by atoms with Gasteiger partial charge in [0, 0.05) is 19.3 Å². The molecule has 0 aromatic rings. The van der Waals surface area contributed by atoms with Gasteiger partial charge >= 0.3 is 17.9 Å². The number of hydrogen-bond donors (Lipinski definition) is 0. The lowest BCUT2D eigenvalue weighted by Gasteiger charge is -2.18. The van der Waals surface area contributed by atoms with Crippen LogP contribution >= 0.6 is 0 Å². The Kier molecular flexibility index (Phi) is 52.9. The molecule has 0 radical (unpaired) electrons. The number of ether oxygens (including phenoxy) is 3. The smallest absolute Gasteiger partial charge is 0.306 e. The zero-order valence-electron chi connectivity index (χ0n) is 47.6. The van der Waals surface area contributed by atoms with E-state index in [0.717, 1.165) is 75.5 Å². The minimum atomic E-state index is -0.764. The largest absolute Gasteiger partial charge is 0.462 e. The van der Waals surface area contributed by atoms with E-state index >= 15 is 0 Å². The van der Waals surface area contributed by atoms with Gasteiger partial charge in [-0.3, -0.25) is 14.4 Å². The first kappa shape index (κ1) is 67.4. The molecule has 69 heavy (non-hydrogen) atoms. The van der Waals surface area contributed by atoms with Crippen molar-refractivity contribution >= 4 is 17.9 Å². The van der Waals surface area contributed by atoms with Gasteiger partial charge in [0.2, 0.25) is 0 Å². The first-order valence-corrected chi connectivity index (χ1v) is 31.1. The maximum absolute atomic E-state index is 12.8. The highest BCUT2D eigenvalue weighted by Gasteiger charge is 2.19. The van der Waals surface area contributed by atoms with Crippen molar-refractivity contribution in [2.24, 2.45) is 17.8 Å². The SMILES string of the molecule is CCC(C)CCCCCCCCCCCCCCCCCCCCC(=O)OC[C@H](COC(=O)CCCCCCCCCCCCCCCCCC(C)C)OC(=O)CCCCCCCCCCC(C)C. The fraction of sp³-hybridized carbons (Fsp3) is 0.952. The van der Waals surface area contributed by atoms with Gasteiger partial charge in [0.1, 0.15) is 13.2 Å². The second-order valence-electron chi connectivity index (χ2n) is 22.9. The van der Waals surface area contributed by atoms with Crippen molar-refractivity contribution in [1.82, 2.24) is 0 Å². The van der Waals surface area contributed by atoms with Crippen LogP contribution in [-0.2, 0) is 28.6 Å². The summed E-state index contributed by atoms with van der Waals surface area (Å²) in [5, 5.41) is 0. The molecule has 0 saturated carbocycles. The molecule has 0 aromatic heterocycles. The van der Waals surface area contributed by atoms with Crippen LogP contribution in [0.1, 0.15) is 350 Å². The fourth-order valence-corrected chi connectivity index (χ4v) is 9.67. The topological polar surface area (TPSA) is 78.9 Å². The molecule has 0 saturated heterocycles. The maximum atomic E-state index is 12.8. The summed E-state index contributed by atoms with van der Waals surface area (Å²) < 4.78 is 16.9. The average Bonchev–Trinajstić information content (AvgIpc) is 3.32. The monoisotopic (exact) mass is 975 g/mol. The van der Waals surface area contributed by atoms with Crippen LogP contribution in [0.5, 0.6) is 0 Å². The second-order valence-corrected chi connectivity index (χ2v) is 22.9. The lowest BCUT2D eigenvalue weighted by atomic mass is 9.99. The molecular formula is C63H122O6. The first-order valence-electron chi connectivity index (χ1n) is 31.1. The summed E-state index contributed by atoms with van der Waals surface area (Å²) in [7, 11) is 0. The van der Waals surface area contributed by atoms with Crippen LogP contribution in [0.2, 0.25) is 0 Å². The number of carbonyl (C=O) groups is 3. The Morgan fingerprint density at radius 1 is 0.290 bits per heavy atom. The standard InChI is InChI=1S/C63H122O6/c1-7-59(6)51-45-39-33-26-22-18-14-10-8-9-11-15-19-23-27-34-40-46-52-61(64)67-55-60(69-63(66)54-48-42-36-30-29-32-38-44-50-58(4)5)56-68-62(65)53-47-41-35-28-24-20-16-12-13-17-21-25-31-37-43-49-57(2)3/h57-60H,7-56H2,1-6H3/t59?,60-/m1/s1. The first-order chi connectivity index (χ1) is 33.6. The van der Waals surface area contributed by atoms with Crippen LogP contribution in [0.4, 0.5) is 0 Å². The molecule has 0 fully saturated rings. The molecule has 6 nitrogen and oxygen atoms in total. The van der Waals surface area contributed by atoms with Gasteiger partial charge in [-0.05, 0) is 37.0 Å². The Morgan fingerprint density at radius 3 is 0.754 bits per heavy atom. The van der Waals surface area contributed by atoms with Gasteiger partial charge in [-0.1, -0.05) is 311 Å². The van der Waals surface area contributed by atoms with Crippen molar-refractivity contribution in [1.29, 1.82) is 0 Å². The van der Waals surface area contributed by atoms with Crippen LogP contribution in [-0.4, -0.2) is 37.2 Å². The number of unbranched alkanes of at least 4 members (excludes halogenated alkanes) is 38. The van der Waals surface area contributed by atoms with Gasteiger partial charge < -0.3 is 14.2 Å². The summed E-state index contributed by atoms with van der Waals surface area (Å²) in [6, 6.07) is 0. The Labute approximate surface area is 431 Å². The quantitative estimate of drug-likeness (QED) is 0.0343. The molecule has 0 N–H and O–H groups in total. The van der Waals surface area contributed by atoms with Crippen molar-refractivity contribution in [3.8, 4) is 0 Å². The molecule has 0 spiro atoms. The zero-order valence-corrected chi connectivity index (χ0v) is 47.6. The predicted molar refractivity (Wildman–Crippen MR) is 298 cm³/mol. The zero-order chi connectivity index (χ0) is 50.5. The summed E-state index contributed by atoms with van der Waals surface area (Å²) in [5.74, 6) is 1.71. The lowest BCUT2D eigenvalue weighted by molar-refractivity contribution is -0.167. The van der Waals surface area contributed by atoms with Gasteiger partial charge in [0.05, 0.1) is 0 Å². The van der Waals surface area contributed by atoms with Gasteiger partial charge in [0.15, 0.2) is 6.10 Å². The molecule has 410 valence electrons. The van der Waals surface area contributed by atoms with E-state index in [0.29, 0.717) is 19.3 Å². The maximum Gasteiger partial charge on any atom is 0.306 e. The van der Waals surface area contributed by atoms with Crippen LogP contribution < -0.4 is 0 Å².